The number of anilines is 1. The highest BCUT2D eigenvalue weighted by Gasteiger charge is 2.08. The molecule has 1 amide bonds. The Balaban J connectivity index is 2.75. The molecule has 0 atom stereocenters. The van der Waals surface area contributed by atoms with E-state index in [0.29, 0.717) is 10.6 Å². The van der Waals surface area contributed by atoms with E-state index in [-0.39, 0.29) is 0 Å². The molecule has 0 aliphatic carbocycles. The molecule has 2 aromatic rings. The summed E-state index contributed by atoms with van der Waals surface area (Å²) < 4.78 is 0. The van der Waals surface area contributed by atoms with Crippen molar-refractivity contribution >= 4 is 33.1 Å². The first-order chi connectivity index (χ1) is 6.18. The van der Waals surface area contributed by atoms with Crippen LogP contribution in [0.2, 0.25) is 0 Å². The smallest absolute Gasteiger partial charge is 0.258 e. The molecule has 0 bridgehead atoms. The van der Waals surface area contributed by atoms with E-state index in [1.807, 2.05) is 0 Å². The van der Waals surface area contributed by atoms with E-state index in [0.717, 1.165) is 10.2 Å². The number of hydrogen-bond donors (Lipinski definition) is 2. The van der Waals surface area contributed by atoms with Crippen LogP contribution in [-0.4, -0.2) is 10.9 Å². The molecule has 13 heavy (non-hydrogen) atoms. The summed E-state index contributed by atoms with van der Waals surface area (Å²) >= 11 is 1.25. The van der Waals surface area contributed by atoms with Crippen LogP contribution < -0.4 is 11.5 Å². The Bertz CT molecular complexity index is 477. The first-order valence-electron chi connectivity index (χ1n) is 3.62. The van der Waals surface area contributed by atoms with Gasteiger partial charge < -0.3 is 11.5 Å². The minimum atomic E-state index is -0.442. The molecule has 4 N–H and O–H groups in total. The van der Waals surface area contributed by atoms with Gasteiger partial charge >= 0.3 is 0 Å². The SMILES string of the molecule is NC(=O)c1cc2c(N)ccnc2s1. The van der Waals surface area contributed by atoms with Gasteiger partial charge in [-0.05, 0) is 12.1 Å². The number of thiophene rings is 1. The van der Waals surface area contributed by atoms with Crippen molar-refractivity contribution in [2.75, 3.05) is 5.73 Å². The van der Waals surface area contributed by atoms with E-state index < -0.39 is 5.91 Å². The number of hydrogen-bond acceptors (Lipinski definition) is 4. The summed E-state index contributed by atoms with van der Waals surface area (Å²) in [6.45, 7) is 0. The number of fused-ring (bicyclic) bond motifs is 1. The molecule has 2 rings (SSSR count). The van der Waals surface area contributed by atoms with E-state index in [1.54, 1.807) is 18.3 Å². The maximum absolute atomic E-state index is 10.8. The van der Waals surface area contributed by atoms with Crippen molar-refractivity contribution in [1.29, 1.82) is 0 Å². The molecule has 0 aromatic carbocycles. The van der Waals surface area contributed by atoms with Crippen molar-refractivity contribution in [2.24, 2.45) is 5.73 Å². The third-order valence-corrected chi connectivity index (χ3v) is 2.77. The van der Waals surface area contributed by atoms with Gasteiger partial charge in [-0.15, -0.1) is 11.3 Å². The van der Waals surface area contributed by atoms with E-state index in [4.69, 9.17) is 11.5 Å². The van der Waals surface area contributed by atoms with Crippen LogP contribution in [0.25, 0.3) is 10.2 Å². The number of nitrogen functional groups attached to an aromatic ring is 1. The second-order valence-electron chi connectivity index (χ2n) is 2.59. The Morgan fingerprint density at radius 2 is 2.31 bits per heavy atom. The van der Waals surface area contributed by atoms with Gasteiger partial charge in [0.25, 0.3) is 5.91 Å². The number of primary amides is 1. The second kappa shape index (κ2) is 2.70. The number of nitrogens with two attached hydrogens (primary N) is 2. The van der Waals surface area contributed by atoms with Gasteiger partial charge in [0, 0.05) is 17.3 Å². The molecule has 0 radical (unpaired) electrons. The molecule has 2 aromatic heterocycles. The van der Waals surface area contributed by atoms with Crippen molar-refractivity contribution in [3.63, 3.8) is 0 Å². The maximum atomic E-state index is 10.8. The lowest BCUT2D eigenvalue weighted by atomic mass is 10.3. The average molecular weight is 193 g/mol. The zero-order valence-electron chi connectivity index (χ0n) is 6.65. The van der Waals surface area contributed by atoms with Crippen molar-refractivity contribution in [1.82, 2.24) is 4.98 Å². The highest BCUT2D eigenvalue weighted by Crippen LogP contribution is 2.27. The summed E-state index contributed by atoms with van der Waals surface area (Å²) in [6, 6.07) is 3.37. The van der Waals surface area contributed by atoms with Crippen molar-refractivity contribution in [3.8, 4) is 0 Å². The van der Waals surface area contributed by atoms with Gasteiger partial charge in [0.1, 0.15) is 4.83 Å². The second-order valence-corrected chi connectivity index (χ2v) is 3.62. The third kappa shape index (κ3) is 1.23. The van der Waals surface area contributed by atoms with Crippen LogP contribution in [0.15, 0.2) is 18.3 Å². The van der Waals surface area contributed by atoms with Crippen LogP contribution in [0.5, 0.6) is 0 Å². The quantitative estimate of drug-likeness (QED) is 0.708. The van der Waals surface area contributed by atoms with Crippen LogP contribution in [0.1, 0.15) is 9.67 Å². The summed E-state index contributed by atoms with van der Waals surface area (Å²) in [7, 11) is 0. The zero-order valence-corrected chi connectivity index (χ0v) is 7.47. The molecule has 0 aliphatic heterocycles. The van der Waals surface area contributed by atoms with Gasteiger partial charge in [-0.25, -0.2) is 4.98 Å². The Kier molecular flexibility index (Phi) is 1.66. The van der Waals surface area contributed by atoms with Gasteiger partial charge in [0.05, 0.1) is 4.88 Å². The summed E-state index contributed by atoms with van der Waals surface area (Å²) in [4.78, 5) is 16.2. The van der Waals surface area contributed by atoms with Gasteiger partial charge in [-0.2, -0.15) is 0 Å². The molecule has 0 saturated carbocycles. The predicted molar refractivity (Wildman–Crippen MR) is 52.6 cm³/mol. The Morgan fingerprint density at radius 1 is 1.54 bits per heavy atom. The number of pyridine rings is 1. The fourth-order valence-electron chi connectivity index (χ4n) is 1.08. The zero-order chi connectivity index (χ0) is 9.42. The number of amides is 1. The lowest BCUT2D eigenvalue weighted by molar-refractivity contribution is 0.100. The molecular weight excluding hydrogens is 186 g/mol. The largest absolute Gasteiger partial charge is 0.398 e. The summed E-state index contributed by atoms with van der Waals surface area (Å²) in [6.07, 6.45) is 1.61. The predicted octanol–water partition coefficient (Wildman–Crippen LogP) is 0.977. The van der Waals surface area contributed by atoms with E-state index in [2.05, 4.69) is 4.98 Å². The molecule has 5 heteroatoms. The number of nitrogens with zero attached hydrogens (tertiary/aromatic N) is 1. The van der Waals surface area contributed by atoms with Crippen molar-refractivity contribution < 1.29 is 4.79 Å². The van der Waals surface area contributed by atoms with Crippen LogP contribution >= 0.6 is 11.3 Å². The number of carbonyl (C=O) groups excluding carboxylic acids is 1. The number of carbonyl (C=O) groups is 1. The van der Waals surface area contributed by atoms with Gasteiger partial charge in [0.2, 0.25) is 0 Å². The number of rotatable bonds is 1. The van der Waals surface area contributed by atoms with E-state index in [1.165, 1.54) is 11.3 Å². The average Bonchev–Trinajstić information content (AvgIpc) is 2.49. The highest BCUT2D eigenvalue weighted by molar-refractivity contribution is 7.20. The Labute approximate surface area is 78.2 Å². The Morgan fingerprint density at radius 3 is 2.92 bits per heavy atom. The lowest BCUT2D eigenvalue weighted by Gasteiger charge is -1.91. The van der Waals surface area contributed by atoms with Gasteiger partial charge in [0.15, 0.2) is 0 Å². The standard InChI is InChI=1S/C8H7N3OS/c9-5-1-2-11-8-4(5)3-6(13-8)7(10)12/h1-3H,(H2,9,11)(H2,10,12). The molecule has 0 saturated heterocycles. The molecule has 0 fully saturated rings. The van der Waals surface area contributed by atoms with Crippen LogP contribution in [-0.2, 0) is 0 Å². The fraction of sp³-hybridized carbons (Fsp3) is 0. The first-order valence-corrected chi connectivity index (χ1v) is 4.44. The Hall–Kier alpha value is -1.62. The first kappa shape index (κ1) is 8.00. The molecule has 0 aliphatic rings. The van der Waals surface area contributed by atoms with Gasteiger partial charge in [-0.3, -0.25) is 4.79 Å². The third-order valence-electron chi connectivity index (χ3n) is 1.71. The minimum Gasteiger partial charge on any atom is -0.398 e. The monoisotopic (exact) mass is 193 g/mol. The van der Waals surface area contributed by atoms with Crippen LogP contribution in [0.3, 0.4) is 0 Å². The minimum absolute atomic E-state index is 0.442. The summed E-state index contributed by atoms with van der Waals surface area (Å²) in [5.74, 6) is -0.442. The highest BCUT2D eigenvalue weighted by atomic mass is 32.1. The van der Waals surface area contributed by atoms with Crippen LogP contribution in [0.4, 0.5) is 5.69 Å². The molecule has 4 nitrogen and oxygen atoms in total. The maximum Gasteiger partial charge on any atom is 0.258 e. The summed E-state index contributed by atoms with van der Waals surface area (Å²) in [5.41, 5.74) is 11.4. The molecule has 0 spiro atoms. The number of aromatic nitrogens is 1. The van der Waals surface area contributed by atoms with E-state index in [9.17, 15) is 4.79 Å². The fourth-order valence-corrected chi connectivity index (χ4v) is 1.97. The molecular formula is C8H7N3OS. The summed E-state index contributed by atoms with van der Waals surface area (Å²) in [5, 5.41) is 0.793. The topological polar surface area (TPSA) is 82.0 Å². The van der Waals surface area contributed by atoms with Crippen LogP contribution in [0, 0.1) is 0 Å². The normalized spacial score (nSPS) is 10.5. The van der Waals surface area contributed by atoms with Crippen molar-refractivity contribution in [2.45, 2.75) is 0 Å². The molecule has 2 heterocycles. The van der Waals surface area contributed by atoms with Crippen molar-refractivity contribution in [3.05, 3.63) is 23.2 Å². The van der Waals surface area contributed by atoms with E-state index >= 15 is 0 Å². The lowest BCUT2D eigenvalue weighted by Crippen LogP contribution is -2.08. The molecule has 66 valence electrons. The molecule has 0 unspecified atom stereocenters. The van der Waals surface area contributed by atoms with Gasteiger partial charge in [-0.1, -0.05) is 0 Å².